The molecule has 2 fully saturated rings. The zero-order valence-electron chi connectivity index (χ0n) is 22.9. The number of carbonyl (C=O) groups excluding carboxylic acids is 2. The SMILES string of the molecule is C[C@]12CCC3=C4CCC(=NOC(=O)c5ccccc5)C=C4CCC3C1CC[C@]2(CC#N)OC(=O)c1ccccc1. The maximum atomic E-state index is 13.2. The van der Waals surface area contributed by atoms with Gasteiger partial charge in [-0.25, -0.2) is 9.59 Å². The second kappa shape index (κ2) is 10.5. The first kappa shape index (κ1) is 26.3. The molecule has 2 aromatic carbocycles. The van der Waals surface area contributed by atoms with Gasteiger partial charge in [0.1, 0.15) is 5.60 Å². The van der Waals surface area contributed by atoms with Gasteiger partial charge in [0, 0.05) is 5.41 Å². The Morgan fingerprint density at radius 2 is 1.62 bits per heavy atom. The average Bonchev–Trinajstić information content (AvgIpc) is 3.28. The lowest BCUT2D eigenvalue weighted by Gasteiger charge is -2.52. The maximum Gasteiger partial charge on any atom is 0.365 e. The van der Waals surface area contributed by atoms with Crippen molar-refractivity contribution in [1.82, 2.24) is 0 Å². The van der Waals surface area contributed by atoms with Crippen molar-refractivity contribution in [3.63, 3.8) is 0 Å². The number of hydrogen-bond donors (Lipinski definition) is 0. The van der Waals surface area contributed by atoms with E-state index in [1.54, 1.807) is 42.0 Å². The molecule has 2 unspecified atom stereocenters. The van der Waals surface area contributed by atoms with Crippen molar-refractivity contribution in [2.75, 3.05) is 0 Å². The molecule has 2 aromatic rings. The van der Waals surface area contributed by atoms with Crippen molar-refractivity contribution >= 4 is 17.7 Å². The number of hydrogen-bond acceptors (Lipinski definition) is 6. The predicted molar refractivity (Wildman–Crippen MR) is 151 cm³/mol. The van der Waals surface area contributed by atoms with Gasteiger partial charge in [0.25, 0.3) is 0 Å². The topological polar surface area (TPSA) is 88.8 Å². The monoisotopic (exact) mass is 534 g/mol. The number of fused-ring (bicyclic) bond motifs is 4. The molecular formula is C34H34N2O4. The molecule has 204 valence electrons. The minimum absolute atomic E-state index is 0.226. The molecule has 0 aromatic heterocycles. The van der Waals surface area contributed by atoms with Crippen molar-refractivity contribution in [1.29, 1.82) is 5.26 Å². The molecule has 0 radical (unpaired) electrons. The molecule has 4 aliphatic carbocycles. The first-order chi connectivity index (χ1) is 19.4. The van der Waals surface area contributed by atoms with Gasteiger partial charge in [0.05, 0.1) is 29.3 Å². The van der Waals surface area contributed by atoms with Crippen molar-refractivity contribution in [3.8, 4) is 6.07 Å². The lowest BCUT2D eigenvalue weighted by molar-refractivity contribution is -0.0994. The molecule has 0 amide bonds. The first-order valence-electron chi connectivity index (χ1n) is 14.4. The predicted octanol–water partition coefficient (Wildman–Crippen LogP) is 7.35. The molecule has 6 heteroatoms. The number of nitriles is 1. The summed E-state index contributed by atoms with van der Waals surface area (Å²) < 4.78 is 6.33. The highest BCUT2D eigenvalue weighted by molar-refractivity contribution is 5.98. The standard InChI is InChI=1S/C34H34N2O4/c1-33-18-16-28-27-15-13-26(36-40-32(38)24-10-6-3-7-11-24)22-25(27)12-14-29(28)30(33)17-19-34(33,20-21-35)39-31(37)23-8-4-2-5-9-23/h2-11,22,29-30H,12-20H2,1H3/t29?,30?,33-,34+/m0/s1. The van der Waals surface area contributed by atoms with Crippen LogP contribution in [0.3, 0.4) is 0 Å². The van der Waals surface area contributed by atoms with Gasteiger partial charge in [-0.1, -0.05) is 54.1 Å². The van der Waals surface area contributed by atoms with Crippen LogP contribution in [0.1, 0.15) is 85.4 Å². The maximum absolute atomic E-state index is 13.2. The van der Waals surface area contributed by atoms with Crippen LogP contribution in [0.5, 0.6) is 0 Å². The average molecular weight is 535 g/mol. The van der Waals surface area contributed by atoms with Gasteiger partial charge in [-0.3, -0.25) is 0 Å². The van der Waals surface area contributed by atoms with E-state index in [0.717, 1.165) is 57.1 Å². The molecule has 6 nitrogen and oxygen atoms in total. The van der Waals surface area contributed by atoms with Crippen LogP contribution in [-0.2, 0) is 9.57 Å². The molecule has 0 saturated heterocycles. The molecule has 6 rings (SSSR count). The first-order valence-corrected chi connectivity index (χ1v) is 14.4. The van der Waals surface area contributed by atoms with Gasteiger partial charge in [0.15, 0.2) is 0 Å². The number of carbonyl (C=O) groups is 2. The normalized spacial score (nSPS) is 29.9. The minimum Gasteiger partial charge on any atom is -0.454 e. The molecule has 40 heavy (non-hydrogen) atoms. The molecule has 4 atom stereocenters. The summed E-state index contributed by atoms with van der Waals surface area (Å²) in [6.07, 6.45) is 9.52. The van der Waals surface area contributed by atoms with Gasteiger partial charge in [-0.2, -0.15) is 5.26 Å². The third-order valence-electron chi connectivity index (χ3n) is 9.95. The summed E-state index contributed by atoms with van der Waals surface area (Å²) in [4.78, 5) is 30.8. The van der Waals surface area contributed by atoms with Crippen LogP contribution in [0.15, 0.2) is 88.6 Å². The lowest BCUT2D eigenvalue weighted by Crippen LogP contribution is -2.52. The number of ether oxygens (including phenoxy) is 1. The zero-order valence-corrected chi connectivity index (χ0v) is 22.9. The zero-order chi connectivity index (χ0) is 27.7. The number of rotatable bonds is 5. The largest absolute Gasteiger partial charge is 0.454 e. The Bertz CT molecular complexity index is 1450. The van der Waals surface area contributed by atoms with E-state index >= 15 is 0 Å². The minimum atomic E-state index is -0.763. The molecule has 4 aliphatic rings. The fourth-order valence-corrected chi connectivity index (χ4v) is 7.87. The lowest BCUT2D eigenvalue weighted by atomic mass is 9.54. The highest BCUT2D eigenvalue weighted by Gasteiger charge is 2.63. The summed E-state index contributed by atoms with van der Waals surface area (Å²) in [6.45, 7) is 2.26. The van der Waals surface area contributed by atoms with E-state index in [1.165, 1.54) is 11.1 Å². The van der Waals surface area contributed by atoms with Crippen LogP contribution in [0.4, 0.5) is 0 Å². The van der Waals surface area contributed by atoms with Crippen LogP contribution in [0.2, 0.25) is 0 Å². The van der Waals surface area contributed by atoms with Crippen molar-refractivity contribution in [3.05, 3.63) is 94.6 Å². The van der Waals surface area contributed by atoms with Crippen LogP contribution in [0.25, 0.3) is 0 Å². The smallest absolute Gasteiger partial charge is 0.365 e. The molecule has 0 bridgehead atoms. The number of esters is 1. The van der Waals surface area contributed by atoms with E-state index in [0.29, 0.717) is 23.0 Å². The van der Waals surface area contributed by atoms with Crippen molar-refractivity contribution in [2.45, 2.75) is 70.3 Å². The highest BCUT2D eigenvalue weighted by Crippen LogP contribution is 2.65. The number of benzene rings is 2. The third kappa shape index (κ3) is 4.48. The summed E-state index contributed by atoms with van der Waals surface area (Å²) in [5, 5.41) is 14.0. The molecule has 0 spiro atoms. The quantitative estimate of drug-likeness (QED) is 0.227. The number of nitrogens with zero attached hydrogens (tertiary/aromatic N) is 2. The second-order valence-electron chi connectivity index (χ2n) is 11.8. The summed E-state index contributed by atoms with van der Waals surface area (Å²) in [5.74, 6) is 0.0455. The highest BCUT2D eigenvalue weighted by atomic mass is 16.7. The Kier molecular flexibility index (Phi) is 6.92. The van der Waals surface area contributed by atoms with E-state index in [2.05, 4.69) is 24.2 Å². The van der Waals surface area contributed by atoms with Gasteiger partial charge >= 0.3 is 11.9 Å². The van der Waals surface area contributed by atoms with Gasteiger partial charge in [0.2, 0.25) is 0 Å². The Hall–Kier alpha value is -3.98. The van der Waals surface area contributed by atoms with Crippen molar-refractivity contribution in [2.24, 2.45) is 22.4 Å². The summed E-state index contributed by atoms with van der Waals surface area (Å²) in [7, 11) is 0. The van der Waals surface area contributed by atoms with E-state index in [9.17, 15) is 14.9 Å². The van der Waals surface area contributed by atoms with Crippen LogP contribution in [-0.4, -0.2) is 23.3 Å². The Morgan fingerprint density at radius 3 is 2.33 bits per heavy atom. The van der Waals surface area contributed by atoms with Crippen LogP contribution < -0.4 is 0 Å². The molecular weight excluding hydrogens is 500 g/mol. The van der Waals surface area contributed by atoms with Crippen LogP contribution in [0, 0.1) is 28.6 Å². The second-order valence-corrected chi connectivity index (χ2v) is 11.8. The summed E-state index contributed by atoms with van der Waals surface area (Å²) >= 11 is 0. The van der Waals surface area contributed by atoms with Crippen LogP contribution >= 0.6 is 0 Å². The fraction of sp³-hybridized carbons (Fsp3) is 0.412. The van der Waals surface area contributed by atoms with E-state index in [4.69, 9.17) is 9.57 Å². The number of allylic oxidation sites excluding steroid dienone is 4. The summed E-state index contributed by atoms with van der Waals surface area (Å²) in [5.41, 5.74) is 5.14. The molecule has 0 aliphatic heterocycles. The van der Waals surface area contributed by atoms with Crippen molar-refractivity contribution < 1.29 is 19.2 Å². The molecule has 2 saturated carbocycles. The molecule has 0 N–H and O–H groups in total. The van der Waals surface area contributed by atoms with Gasteiger partial charge in [-0.05, 0) is 105 Å². The Balaban J connectivity index is 1.22. The fourth-order valence-electron chi connectivity index (χ4n) is 7.87. The van der Waals surface area contributed by atoms with Gasteiger partial charge < -0.3 is 9.57 Å². The van der Waals surface area contributed by atoms with E-state index < -0.39 is 11.6 Å². The molecule has 0 heterocycles. The Labute approximate surface area is 235 Å². The number of oxime groups is 1. The third-order valence-corrected chi connectivity index (χ3v) is 9.95. The van der Waals surface area contributed by atoms with E-state index in [1.807, 2.05) is 24.3 Å². The van der Waals surface area contributed by atoms with E-state index in [-0.39, 0.29) is 17.8 Å². The van der Waals surface area contributed by atoms with Gasteiger partial charge in [-0.15, -0.1) is 0 Å². The Morgan fingerprint density at radius 1 is 0.925 bits per heavy atom. The summed E-state index contributed by atoms with van der Waals surface area (Å²) in [6, 6.07) is 20.4.